The van der Waals surface area contributed by atoms with Crippen molar-refractivity contribution in [3.63, 3.8) is 0 Å². The minimum atomic E-state index is -0.905. The molecule has 5 nitrogen and oxygen atoms in total. The van der Waals surface area contributed by atoms with Gasteiger partial charge in [-0.15, -0.1) is 11.3 Å². The smallest absolute Gasteiger partial charge is 0.330 e. The summed E-state index contributed by atoms with van der Waals surface area (Å²) in [4.78, 5) is 21.6. The van der Waals surface area contributed by atoms with E-state index < -0.39 is 11.5 Å². The third-order valence-corrected chi connectivity index (χ3v) is 6.16. The number of hydrogen-bond acceptors (Lipinski definition) is 4. The van der Waals surface area contributed by atoms with Crippen LogP contribution in [0, 0.1) is 6.92 Å². The van der Waals surface area contributed by atoms with Crippen LogP contribution in [0.3, 0.4) is 0 Å². The molecule has 0 radical (unpaired) electrons. The average Bonchev–Trinajstić information content (AvgIpc) is 3.22. The van der Waals surface area contributed by atoms with E-state index in [0.29, 0.717) is 12.8 Å². The summed E-state index contributed by atoms with van der Waals surface area (Å²) in [6.45, 7) is 4.56. The predicted octanol–water partition coefficient (Wildman–Crippen LogP) is 3.48. The highest BCUT2D eigenvalue weighted by Crippen LogP contribution is 2.34. The summed E-state index contributed by atoms with van der Waals surface area (Å²) in [6.07, 6.45) is 2.87. The quantitative estimate of drug-likeness (QED) is 0.778. The van der Waals surface area contributed by atoms with Crippen molar-refractivity contribution in [1.82, 2.24) is 14.5 Å². The fourth-order valence-electron chi connectivity index (χ4n) is 3.73. The Balaban J connectivity index is 1.58. The van der Waals surface area contributed by atoms with Crippen LogP contribution in [0.25, 0.3) is 11.0 Å². The topological polar surface area (TPSA) is 58.4 Å². The molecule has 0 amide bonds. The number of fused-ring (bicyclic) bond motifs is 1. The number of carboxylic acid groups (broad SMARTS) is 1. The molecule has 1 aliphatic heterocycles. The lowest BCUT2D eigenvalue weighted by molar-refractivity contribution is -0.150. The number of aromatic nitrogens is 2. The fraction of sp³-hybridized carbons (Fsp3) is 0.368. The number of rotatable bonds is 4. The lowest BCUT2D eigenvalue weighted by atomic mass is 9.87. The van der Waals surface area contributed by atoms with Gasteiger partial charge in [0.05, 0.1) is 17.4 Å². The lowest BCUT2D eigenvalue weighted by Crippen LogP contribution is -2.50. The van der Waals surface area contributed by atoms with Crippen molar-refractivity contribution >= 4 is 28.3 Å². The number of aryl methyl sites for hydroxylation is 1. The first-order valence-electron chi connectivity index (χ1n) is 8.52. The third-order valence-electron chi connectivity index (χ3n) is 5.17. The number of thiophene rings is 1. The summed E-state index contributed by atoms with van der Waals surface area (Å²) in [5.74, 6) is -0.762. The van der Waals surface area contributed by atoms with Crippen molar-refractivity contribution < 1.29 is 9.90 Å². The molecular formula is C19H21N3O2S. The number of carbonyl (C=O) groups is 1. The molecule has 25 heavy (non-hydrogen) atoms. The summed E-state index contributed by atoms with van der Waals surface area (Å²) in [5, 5.41) is 10.0. The van der Waals surface area contributed by atoms with Crippen LogP contribution in [0.4, 0.5) is 0 Å². The largest absolute Gasteiger partial charge is 0.479 e. The lowest BCUT2D eigenvalue weighted by Gasteiger charge is -2.39. The average molecular weight is 355 g/mol. The molecule has 4 rings (SSSR count). The van der Waals surface area contributed by atoms with Gasteiger partial charge in [-0.2, -0.15) is 0 Å². The number of carboxylic acids is 1. The molecule has 0 saturated carbocycles. The highest BCUT2D eigenvalue weighted by molar-refractivity contribution is 7.11. The van der Waals surface area contributed by atoms with Crippen LogP contribution < -0.4 is 0 Å². The molecule has 0 atom stereocenters. The Kier molecular flexibility index (Phi) is 4.09. The maximum absolute atomic E-state index is 12.2. The minimum Gasteiger partial charge on any atom is -0.479 e. The monoisotopic (exact) mass is 355 g/mol. The first kappa shape index (κ1) is 16.3. The summed E-state index contributed by atoms with van der Waals surface area (Å²) < 4.78 is 1.87. The summed E-state index contributed by atoms with van der Waals surface area (Å²) in [6, 6.07) is 12.1. The van der Waals surface area contributed by atoms with Gasteiger partial charge < -0.3 is 9.67 Å². The van der Waals surface area contributed by atoms with Crippen LogP contribution >= 0.6 is 11.3 Å². The van der Waals surface area contributed by atoms with Crippen LogP contribution in [0.2, 0.25) is 0 Å². The Morgan fingerprint density at radius 2 is 2.00 bits per heavy atom. The Hall–Kier alpha value is -2.18. The van der Waals surface area contributed by atoms with E-state index in [2.05, 4.69) is 28.9 Å². The molecular weight excluding hydrogens is 334 g/mol. The van der Waals surface area contributed by atoms with E-state index in [1.807, 2.05) is 40.2 Å². The number of para-hydroxylation sites is 2. The van der Waals surface area contributed by atoms with Crippen molar-refractivity contribution in [3.05, 3.63) is 52.5 Å². The van der Waals surface area contributed by atoms with Gasteiger partial charge in [0.15, 0.2) is 0 Å². The molecule has 1 fully saturated rings. The van der Waals surface area contributed by atoms with E-state index >= 15 is 0 Å². The second-order valence-corrected chi connectivity index (χ2v) is 8.10. The first-order valence-corrected chi connectivity index (χ1v) is 9.34. The van der Waals surface area contributed by atoms with Gasteiger partial charge in [-0.25, -0.2) is 9.78 Å². The summed E-state index contributed by atoms with van der Waals surface area (Å²) in [7, 11) is 0. The van der Waals surface area contributed by atoms with Crippen molar-refractivity contribution in [2.75, 3.05) is 13.1 Å². The molecule has 3 aromatic rings. The Bertz CT molecular complexity index is 906. The van der Waals surface area contributed by atoms with Gasteiger partial charge in [0.1, 0.15) is 5.54 Å². The second kappa shape index (κ2) is 6.28. The molecule has 0 unspecified atom stereocenters. The number of piperidine rings is 1. The maximum Gasteiger partial charge on any atom is 0.330 e. The number of benzene rings is 1. The molecule has 0 spiro atoms. The molecule has 0 aliphatic carbocycles. The predicted molar refractivity (Wildman–Crippen MR) is 98.9 cm³/mol. The number of aliphatic carboxylic acids is 1. The maximum atomic E-state index is 12.2. The van der Waals surface area contributed by atoms with Gasteiger partial charge in [-0.05, 0) is 44.0 Å². The molecule has 130 valence electrons. The molecule has 0 bridgehead atoms. The van der Waals surface area contributed by atoms with Crippen LogP contribution in [-0.4, -0.2) is 38.6 Å². The molecule has 2 aromatic heterocycles. The van der Waals surface area contributed by atoms with Crippen molar-refractivity contribution in [2.24, 2.45) is 0 Å². The minimum absolute atomic E-state index is 0.590. The highest BCUT2D eigenvalue weighted by Gasteiger charge is 2.44. The molecule has 1 N–H and O–H groups in total. The Morgan fingerprint density at radius 1 is 1.24 bits per heavy atom. The molecule has 1 aliphatic rings. The number of imidazole rings is 1. The van der Waals surface area contributed by atoms with E-state index in [1.54, 1.807) is 6.33 Å². The van der Waals surface area contributed by atoms with Crippen molar-refractivity contribution in [2.45, 2.75) is 31.8 Å². The second-order valence-electron chi connectivity index (χ2n) is 6.73. The Labute approximate surface area is 150 Å². The van der Waals surface area contributed by atoms with Gasteiger partial charge in [0.2, 0.25) is 0 Å². The highest BCUT2D eigenvalue weighted by atomic mass is 32.1. The van der Waals surface area contributed by atoms with E-state index in [9.17, 15) is 9.90 Å². The zero-order chi connectivity index (χ0) is 17.4. The van der Waals surface area contributed by atoms with Crippen LogP contribution in [0.5, 0.6) is 0 Å². The van der Waals surface area contributed by atoms with Crippen LogP contribution in [0.15, 0.2) is 42.7 Å². The summed E-state index contributed by atoms with van der Waals surface area (Å²) in [5.41, 5.74) is 0.838. The number of hydrogen-bond donors (Lipinski definition) is 1. The van der Waals surface area contributed by atoms with E-state index in [0.717, 1.165) is 30.7 Å². The number of likely N-dealkylation sites (tertiary alicyclic amines) is 1. The molecule has 6 heteroatoms. The van der Waals surface area contributed by atoms with Gasteiger partial charge in [0, 0.05) is 29.4 Å². The SMILES string of the molecule is Cc1ccc(CN2CCC(C(=O)O)(n3cnc4ccccc43)CC2)s1. The zero-order valence-corrected chi connectivity index (χ0v) is 15.0. The fourth-order valence-corrected chi connectivity index (χ4v) is 4.66. The Morgan fingerprint density at radius 3 is 2.68 bits per heavy atom. The summed E-state index contributed by atoms with van der Waals surface area (Å²) >= 11 is 1.81. The van der Waals surface area contributed by atoms with Crippen LogP contribution in [-0.2, 0) is 16.9 Å². The normalized spacial score (nSPS) is 17.8. The first-order chi connectivity index (χ1) is 12.1. The van der Waals surface area contributed by atoms with Gasteiger partial charge in [-0.1, -0.05) is 12.1 Å². The molecule has 3 heterocycles. The molecule has 1 saturated heterocycles. The standard InChI is InChI=1S/C19H21N3O2S/c1-14-6-7-15(25-14)12-21-10-8-19(9-11-21,18(23)24)22-13-20-16-4-2-3-5-17(16)22/h2-7,13H,8-12H2,1H3,(H,23,24). The third kappa shape index (κ3) is 2.85. The zero-order valence-electron chi connectivity index (χ0n) is 14.2. The van der Waals surface area contributed by atoms with Gasteiger partial charge >= 0.3 is 5.97 Å². The van der Waals surface area contributed by atoms with E-state index in [4.69, 9.17) is 0 Å². The van der Waals surface area contributed by atoms with E-state index in [-0.39, 0.29) is 0 Å². The number of nitrogens with zero attached hydrogens (tertiary/aromatic N) is 3. The van der Waals surface area contributed by atoms with Crippen LogP contribution in [0.1, 0.15) is 22.6 Å². The van der Waals surface area contributed by atoms with Gasteiger partial charge in [-0.3, -0.25) is 4.90 Å². The molecule has 1 aromatic carbocycles. The van der Waals surface area contributed by atoms with Gasteiger partial charge in [0.25, 0.3) is 0 Å². The van der Waals surface area contributed by atoms with E-state index in [1.165, 1.54) is 9.75 Å². The van der Waals surface area contributed by atoms with Crippen molar-refractivity contribution in [3.8, 4) is 0 Å². The van der Waals surface area contributed by atoms with Crippen molar-refractivity contribution in [1.29, 1.82) is 0 Å².